The van der Waals surface area contributed by atoms with E-state index in [0.29, 0.717) is 18.7 Å². The van der Waals surface area contributed by atoms with E-state index in [-0.39, 0.29) is 12.5 Å². The van der Waals surface area contributed by atoms with Crippen LogP contribution in [0.25, 0.3) is 0 Å². The predicted molar refractivity (Wildman–Crippen MR) is 142 cm³/mol. The molecule has 0 atom stereocenters. The molecule has 0 saturated heterocycles. The van der Waals surface area contributed by atoms with Gasteiger partial charge in [-0.15, -0.1) is 0 Å². The second-order valence-electron chi connectivity index (χ2n) is 8.52. The van der Waals surface area contributed by atoms with E-state index in [1.807, 2.05) is 63.2 Å². The highest BCUT2D eigenvalue weighted by molar-refractivity contribution is 7.92. The normalized spacial score (nSPS) is 11.2. The number of rotatable bonds is 11. The van der Waals surface area contributed by atoms with Crippen molar-refractivity contribution in [1.29, 1.82) is 0 Å². The number of anilines is 1. The average molecular weight is 495 g/mol. The molecule has 3 aromatic rings. The number of carbonyl (C=O) groups is 1. The molecule has 0 bridgehead atoms. The highest BCUT2D eigenvalue weighted by Gasteiger charge is 2.23. The number of nitrogens with one attached hydrogen (secondary N) is 1. The molecule has 0 aromatic heterocycles. The number of carbonyl (C=O) groups excluding carboxylic acids is 1. The Hall–Kier alpha value is -3.32. The molecular formula is C28H34N2O4S. The molecule has 1 N–H and O–H groups in total. The molecule has 1 amide bonds. The van der Waals surface area contributed by atoms with Crippen LogP contribution in [0.5, 0.6) is 5.75 Å². The molecular weight excluding hydrogens is 460 g/mol. The lowest BCUT2D eigenvalue weighted by molar-refractivity contribution is 0.0947. The summed E-state index contributed by atoms with van der Waals surface area (Å²) in [5.74, 6) is 0.573. The Morgan fingerprint density at radius 3 is 2.14 bits per heavy atom. The molecule has 0 fully saturated rings. The fraction of sp³-hybridized carbons (Fsp3) is 0.321. The van der Waals surface area contributed by atoms with Gasteiger partial charge in [0.1, 0.15) is 12.4 Å². The molecule has 0 radical (unpaired) electrons. The van der Waals surface area contributed by atoms with Gasteiger partial charge in [0.2, 0.25) is 10.0 Å². The van der Waals surface area contributed by atoms with Gasteiger partial charge in [0.25, 0.3) is 5.91 Å². The van der Waals surface area contributed by atoms with Crippen LogP contribution in [0.15, 0.2) is 66.7 Å². The van der Waals surface area contributed by atoms with Crippen LogP contribution in [0.3, 0.4) is 0 Å². The second kappa shape index (κ2) is 11.9. The summed E-state index contributed by atoms with van der Waals surface area (Å²) in [6.45, 7) is 7.00. The van der Waals surface area contributed by atoms with Crippen molar-refractivity contribution in [2.24, 2.45) is 0 Å². The zero-order chi connectivity index (χ0) is 25.4. The van der Waals surface area contributed by atoms with Crippen molar-refractivity contribution >= 4 is 21.6 Å². The number of hydrogen-bond acceptors (Lipinski definition) is 4. The van der Waals surface area contributed by atoms with E-state index in [1.165, 1.54) is 10.6 Å². The second-order valence-corrected chi connectivity index (χ2v) is 10.4. The number of amides is 1. The van der Waals surface area contributed by atoms with Crippen molar-refractivity contribution in [2.75, 3.05) is 23.7 Å². The Kier molecular flexibility index (Phi) is 8.93. The van der Waals surface area contributed by atoms with E-state index in [2.05, 4.69) is 5.32 Å². The number of sulfonamides is 1. The summed E-state index contributed by atoms with van der Waals surface area (Å²) in [5, 5.41) is 2.85. The molecule has 0 spiro atoms. The van der Waals surface area contributed by atoms with Crippen molar-refractivity contribution in [3.05, 3.63) is 94.5 Å². The summed E-state index contributed by atoms with van der Waals surface area (Å²) in [5.41, 5.74) is 5.19. The van der Waals surface area contributed by atoms with Crippen LogP contribution >= 0.6 is 0 Å². The summed E-state index contributed by atoms with van der Waals surface area (Å²) in [7, 11) is -3.51. The monoisotopic (exact) mass is 494 g/mol. The number of ether oxygens (including phenoxy) is 1. The highest BCUT2D eigenvalue weighted by Crippen LogP contribution is 2.30. The molecule has 3 aromatic carbocycles. The van der Waals surface area contributed by atoms with Crippen LogP contribution in [0.4, 0.5) is 5.69 Å². The molecule has 0 aliphatic carbocycles. The minimum atomic E-state index is -3.51. The Bertz CT molecular complexity index is 1230. The van der Waals surface area contributed by atoms with Gasteiger partial charge in [0.15, 0.2) is 0 Å². The SMILES string of the molecule is CCc1cccc(CC)c1N(Cc1ccc(C(=O)NCCOc2cccc(C)c2)cc1)S(C)(=O)=O. The zero-order valence-corrected chi connectivity index (χ0v) is 21.7. The highest BCUT2D eigenvalue weighted by atomic mass is 32.2. The molecule has 0 aliphatic heterocycles. The number of nitrogens with zero attached hydrogens (tertiary/aromatic N) is 1. The van der Waals surface area contributed by atoms with Gasteiger partial charge in [-0.3, -0.25) is 9.10 Å². The van der Waals surface area contributed by atoms with Gasteiger partial charge in [-0.05, 0) is 66.3 Å². The van der Waals surface area contributed by atoms with E-state index >= 15 is 0 Å². The standard InChI is InChI=1S/C28H34N2O4S/c1-5-23-10-8-11-24(6-2)27(23)30(35(4,32)33)20-22-13-15-25(16-14-22)28(31)29-17-18-34-26-12-7-9-21(3)19-26/h7-16,19H,5-6,17-18,20H2,1-4H3,(H,29,31). The van der Waals surface area contributed by atoms with Crippen molar-refractivity contribution < 1.29 is 17.9 Å². The first kappa shape index (κ1) is 26.3. The van der Waals surface area contributed by atoms with Crippen molar-refractivity contribution in [1.82, 2.24) is 5.32 Å². The third-order valence-electron chi connectivity index (χ3n) is 5.80. The molecule has 6 nitrogen and oxygen atoms in total. The van der Waals surface area contributed by atoms with Crippen molar-refractivity contribution in [3.8, 4) is 5.75 Å². The van der Waals surface area contributed by atoms with Gasteiger partial charge >= 0.3 is 0 Å². The Morgan fingerprint density at radius 1 is 0.943 bits per heavy atom. The third-order valence-corrected chi connectivity index (χ3v) is 6.92. The number of para-hydroxylation sites is 1. The van der Waals surface area contributed by atoms with Crippen molar-refractivity contribution in [3.63, 3.8) is 0 Å². The van der Waals surface area contributed by atoms with Crippen LogP contribution < -0.4 is 14.4 Å². The van der Waals surface area contributed by atoms with E-state index in [9.17, 15) is 13.2 Å². The average Bonchev–Trinajstić information content (AvgIpc) is 2.84. The molecule has 0 heterocycles. The number of benzene rings is 3. The van der Waals surface area contributed by atoms with Crippen LogP contribution in [-0.2, 0) is 29.4 Å². The van der Waals surface area contributed by atoms with Crippen molar-refractivity contribution in [2.45, 2.75) is 40.2 Å². The topological polar surface area (TPSA) is 75.7 Å². The molecule has 7 heteroatoms. The molecule has 0 saturated carbocycles. The molecule has 3 rings (SSSR count). The fourth-order valence-electron chi connectivity index (χ4n) is 3.97. The van der Waals surface area contributed by atoms with E-state index in [0.717, 1.165) is 46.5 Å². The predicted octanol–water partition coefficient (Wildman–Crippen LogP) is 4.89. The number of hydrogen-bond donors (Lipinski definition) is 1. The maximum Gasteiger partial charge on any atom is 0.251 e. The first-order valence-electron chi connectivity index (χ1n) is 11.9. The molecule has 186 valence electrons. The van der Waals surface area contributed by atoms with Crippen LogP contribution in [-0.4, -0.2) is 33.7 Å². The first-order valence-corrected chi connectivity index (χ1v) is 13.7. The molecule has 0 aliphatic rings. The minimum Gasteiger partial charge on any atom is -0.492 e. The van der Waals surface area contributed by atoms with Gasteiger partial charge in [-0.25, -0.2) is 8.42 Å². The third kappa shape index (κ3) is 7.09. The Morgan fingerprint density at radius 2 is 1.57 bits per heavy atom. The summed E-state index contributed by atoms with van der Waals surface area (Å²) in [6.07, 6.45) is 2.71. The quantitative estimate of drug-likeness (QED) is 0.385. The number of aryl methyl sites for hydroxylation is 3. The summed E-state index contributed by atoms with van der Waals surface area (Å²) in [4.78, 5) is 12.5. The smallest absolute Gasteiger partial charge is 0.251 e. The van der Waals surface area contributed by atoms with E-state index in [4.69, 9.17) is 4.74 Å². The Labute approximate surface area is 209 Å². The summed E-state index contributed by atoms with van der Waals surface area (Å²) in [6, 6.07) is 20.7. The Balaban J connectivity index is 1.66. The maximum atomic E-state index is 12.8. The van der Waals surface area contributed by atoms with E-state index in [1.54, 1.807) is 24.3 Å². The van der Waals surface area contributed by atoms with Gasteiger partial charge in [0, 0.05) is 5.56 Å². The zero-order valence-electron chi connectivity index (χ0n) is 20.9. The minimum absolute atomic E-state index is 0.200. The van der Waals surface area contributed by atoms with E-state index < -0.39 is 10.0 Å². The van der Waals surface area contributed by atoms with Gasteiger partial charge in [0.05, 0.1) is 25.0 Å². The maximum absolute atomic E-state index is 12.8. The molecule has 35 heavy (non-hydrogen) atoms. The lowest BCUT2D eigenvalue weighted by Crippen LogP contribution is -2.31. The van der Waals surface area contributed by atoms with Gasteiger partial charge in [-0.2, -0.15) is 0 Å². The summed E-state index contributed by atoms with van der Waals surface area (Å²) >= 11 is 0. The lowest BCUT2D eigenvalue weighted by atomic mass is 10.0. The first-order chi connectivity index (χ1) is 16.7. The van der Waals surface area contributed by atoms with Gasteiger partial charge < -0.3 is 10.1 Å². The lowest BCUT2D eigenvalue weighted by Gasteiger charge is -2.27. The largest absolute Gasteiger partial charge is 0.492 e. The fourth-order valence-corrected chi connectivity index (χ4v) is 4.92. The van der Waals surface area contributed by atoms with Gasteiger partial charge in [-0.1, -0.05) is 56.3 Å². The molecule has 0 unspecified atom stereocenters. The van der Waals surface area contributed by atoms with Crippen LogP contribution in [0, 0.1) is 6.92 Å². The van der Waals surface area contributed by atoms with Crippen LogP contribution in [0.1, 0.15) is 46.5 Å². The summed E-state index contributed by atoms with van der Waals surface area (Å²) < 4.78 is 32.7. The van der Waals surface area contributed by atoms with Crippen LogP contribution in [0.2, 0.25) is 0 Å².